The number of benzene rings is 1. The maximum Gasteiger partial charge on any atom is 0.220 e. The number of phenolic OH excluding ortho intramolecular Hbond substituents is 1. The molecule has 0 heterocycles. The smallest absolute Gasteiger partial charge is 0.220 e. The van der Waals surface area contributed by atoms with E-state index >= 15 is 0 Å². The molecule has 0 atom stereocenters. The summed E-state index contributed by atoms with van der Waals surface area (Å²) in [6.45, 7) is 2.57. The third kappa shape index (κ3) is 5.17. The maximum absolute atomic E-state index is 11.5. The van der Waals surface area contributed by atoms with Gasteiger partial charge in [0.1, 0.15) is 0 Å². The first-order valence-electron chi connectivity index (χ1n) is 6.05. The SMILES string of the molecule is CCOc1cc(CNC(=O)CCCCl)cc(Cl)c1O. The van der Waals surface area contributed by atoms with Crippen LogP contribution >= 0.6 is 23.2 Å². The van der Waals surface area contributed by atoms with Gasteiger partial charge in [0.15, 0.2) is 11.5 Å². The Morgan fingerprint density at radius 2 is 2.21 bits per heavy atom. The third-order valence-corrected chi connectivity index (χ3v) is 2.97. The van der Waals surface area contributed by atoms with Crippen LogP contribution < -0.4 is 10.1 Å². The predicted molar refractivity (Wildman–Crippen MR) is 76.1 cm³/mol. The van der Waals surface area contributed by atoms with Crippen LogP contribution in [0.15, 0.2) is 12.1 Å². The molecule has 4 nitrogen and oxygen atoms in total. The molecule has 0 bridgehead atoms. The first-order valence-corrected chi connectivity index (χ1v) is 6.96. The molecule has 0 aliphatic carbocycles. The van der Waals surface area contributed by atoms with Crippen molar-refractivity contribution in [1.29, 1.82) is 0 Å². The summed E-state index contributed by atoms with van der Waals surface area (Å²) in [6, 6.07) is 3.26. The number of carbonyl (C=O) groups excluding carboxylic acids is 1. The van der Waals surface area contributed by atoms with Crippen LogP contribution in [0.2, 0.25) is 5.02 Å². The highest BCUT2D eigenvalue weighted by Gasteiger charge is 2.10. The number of amides is 1. The van der Waals surface area contributed by atoms with Gasteiger partial charge in [0.25, 0.3) is 0 Å². The predicted octanol–water partition coefficient (Wildman–Crippen LogP) is 3.08. The summed E-state index contributed by atoms with van der Waals surface area (Å²) in [5.74, 6) is 0.635. The highest BCUT2D eigenvalue weighted by Crippen LogP contribution is 2.35. The van der Waals surface area contributed by atoms with Gasteiger partial charge in [0, 0.05) is 18.8 Å². The van der Waals surface area contributed by atoms with Crippen molar-refractivity contribution in [2.45, 2.75) is 26.3 Å². The van der Waals surface area contributed by atoms with E-state index in [1.54, 1.807) is 12.1 Å². The molecule has 0 unspecified atom stereocenters. The normalized spacial score (nSPS) is 10.3. The number of hydrogen-bond acceptors (Lipinski definition) is 3. The summed E-state index contributed by atoms with van der Waals surface area (Å²) in [5.41, 5.74) is 0.769. The van der Waals surface area contributed by atoms with E-state index in [1.165, 1.54) is 0 Å². The first-order chi connectivity index (χ1) is 9.08. The van der Waals surface area contributed by atoms with Crippen molar-refractivity contribution in [3.8, 4) is 11.5 Å². The molecule has 2 N–H and O–H groups in total. The number of nitrogens with one attached hydrogen (secondary N) is 1. The van der Waals surface area contributed by atoms with Crippen molar-refractivity contribution in [2.75, 3.05) is 12.5 Å². The monoisotopic (exact) mass is 305 g/mol. The Kier molecular flexibility index (Phi) is 6.81. The zero-order chi connectivity index (χ0) is 14.3. The van der Waals surface area contributed by atoms with E-state index in [0.29, 0.717) is 37.6 Å². The lowest BCUT2D eigenvalue weighted by Gasteiger charge is -2.11. The van der Waals surface area contributed by atoms with Crippen molar-refractivity contribution in [2.24, 2.45) is 0 Å². The quantitative estimate of drug-likeness (QED) is 0.761. The molecule has 1 aromatic carbocycles. The highest BCUT2D eigenvalue weighted by atomic mass is 35.5. The molecule has 0 fully saturated rings. The number of aromatic hydroxyl groups is 1. The lowest BCUT2D eigenvalue weighted by atomic mass is 10.2. The standard InChI is InChI=1S/C13H17Cl2NO3/c1-2-19-11-7-9(6-10(15)13(11)18)8-16-12(17)4-3-5-14/h6-7,18H,2-5,8H2,1H3,(H,16,17). The Morgan fingerprint density at radius 1 is 1.47 bits per heavy atom. The zero-order valence-electron chi connectivity index (χ0n) is 10.7. The number of alkyl halides is 1. The van der Waals surface area contributed by atoms with E-state index in [-0.39, 0.29) is 16.7 Å². The Bertz CT molecular complexity index is 438. The van der Waals surface area contributed by atoms with Crippen LogP contribution in [-0.2, 0) is 11.3 Å². The molecule has 1 rings (SSSR count). The van der Waals surface area contributed by atoms with Crippen LogP contribution in [0.1, 0.15) is 25.3 Å². The highest BCUT2D eigenvalue weighted by molar-refractivity contribution is 6.32. The number of phenols is 1. The molecular formula is C13H17Cl2NO3. The molecule has 19 heavy (non-hydrogen) atoms. The van der Waals surface area contributed by atoms with Crippen LogP contribution in [0.5, 0.6) is 11.5 Å². The second-order valence-corrected chi connectivity index (χ2v) is 4.71. The summed E-state index contributed by atoms with van der Waals surface area (Å²) >= 11 is 11.4. The van der Waals surface area contributed by atoms with Gasteiger partial charge in [-0.3, -0.25) is 4.79 Å². The van der Waals surface area contributed by atoms with Crippen LogP contribution in [0.25, 0.3) is 0 Å². The van der Waals surface area contributed by atoms with Crippen LogP contribution in [0, 0.1) is 0 Å². The Balaban J connectivity index is 2.65. The topological polar surface area (TPSA) is 58.6 Å². The van der Waals surface area contributed by atoms with Crippen LogP contribution in [0.3, 0.4) is 0 Å². The van der Waals surface area contributed by atoms with Gasteiger partial charge in [-0.1, -0.05) is 11.6 Å². The zero-order valence-corrected chi connectivity index (χ0v) is 12.2. The summed E-state index contributed by atoms with van der Waals surface area (Å²) in [7, 11) is 0. The fourth-order valence-electron chi connectivity index (χ4n) is 1.51. The molecule has 0 saturated carbocycles. The number of ether oxygens (including phenoxy) is 1. The Hall–Kier alpha value is -1.13. The summed E-state index contributed by atoms with van der Waals surface area (Å²) in [5, 5.41) is 12.6. The maximum atomic E-state index is 11.5. The molecule has 106 valence electrons. The van der Waals surface area contributed by atoms with Gasteiger partial charge < -0.3 is 15.2 Å². The minimum Gasteiger partial charge on any atom is -0.503 e. The van der Waals surface area contributed by atoms with E-state index in [2.05, 4.69) is 5.32 Å². The van der Waals surface area contributed by atoms with Gasteiger partial charge in [-0.25, -0.2) is 0 Å². The molecule has 1 amide bonds. The third-order valence-electron chi connectivity index (χ3n) is 2.42. The van der Waals surface area contributed by atoms with Crippen molar-refractivity contribution in [1.82, 2.24) is 5.32 Å². The summed E-state index contributed by atoms with van der Waals surface area (Å²) in [4.78, 5) is 11.5. The number of carbonyl (C=O) groups is 1. The van der Waals surface area contributed by atoms with Crippen molar-refractivity contribution < 1.29 is 14.6 Å². The molecule has 1 aromatic rings. The fraction of sp³-hybridized carbons (Fsp3) is 0.462. The number of rotatable bonds is 7. The minimum atomic E-state index is -0.0827. The summed E-state index contributed by atoms with van der Waals surface area (Å²) < 4.78 is 5.27. The van der Waals surface area contributed by atoms with Gasteiger partial charge in [-0.05, 0) is 31.0 Å². The van der Waals surface area contributed by atoms with Gasteiger partial charge >= 0.3 is 0 Å². The van der Waals surface area contributed by atoms with Gasteiger partial charge in [0.2, 0.25) is 5.91 Å². The van der Waals surface area contributed by atoms with Crippen molar-refractivity contribution >= 4 is 29.1 Å². The van der Waals surface area contributed by atoms with E-state index in [1.807, 2.05) is 6.92 Å². The van der Waals surface area contributed by atoms with E-state index < -0.39 is 0 Å². The second-order valence-electron chi connectivity index (χ2n) is 3.93. The molecule has 0 aromatic heterocycles. The number of hydrogen-bond donors (Lipinski definition) is 2. The average molecular weight is 306 g/mol. The Morgan fingerprint density at radius 3 is 2.84 bits per heavy atom. The number of halogens is 2. The van der Waals surface area contributed by atoms with Crippen LogP contribution in [0.4, 0.5) is 0 Å². The van der Waals surface area contributed by atoms with Gasteiger partial charge in [0.05, 0.1) is 11.6 Å². The molecule has 0 radical (unpaired) electrons. The lowest BCUT2D eigenvalue weighted by Crippen LogP contribution is -2.22. The first kappa shape index (κ1) is 15.9. The minimum absolute atomic E-state index is 0.0668. The fourth-order valence-corrected chi connectivity index (χ4v) is 1.88. The second kappa shape index (κ2) is 8.12. The van der Waals surface area contributed by atoms with E-state index in [9.17, 15) is 9.90 Å². The van der Waals surface area contributed by atoms with Crippen molar-refractivity contribution in [3.05, 3.63) is 22.7 Å². The molecule has 0 aliphatic rings. The molecule has 0 aliphatic heterocycles. The lowest BCUT2D eigenvalue weighted by molar-refractivity contribution is -0.121. The van der Waals surface area contributed by atoms with E-state index in [4.69, 9.17) is 27.9 Å². The molecular weight excluding hydrogens is 289 g/mol. The largest absolute Gasteiger partial charge is 0.503 e. The van der Waals surface area contributed by atoms with Crippen LogP contribution in [-0.4, -0.2) is 23.5 Å². The van der Waals surface area contributed by atoms with Gasteiger partial charge in [-0.15, -0.1) is 11.6 Å². The average Bonchev–Trinajstić information content (AvgIpc) is 2.39. The molecule has 0 saturated heterocycles. The molecule has 6 heteroatoms. The Labute approximate surface area is 122 Å². The summed E-state index contributed by atoms with van der Waals surface area (Å²) in [6.07, 6.45) is 1.04. The van der Waals surface area contributed by atoms with Gasteiger partial charge in [-0.2, -0.15) is 0 Å². The van der Waals surface area contributed by atoms with Crippen molar-refractivity contribution in [3.63, 3.8) is 0 Å². The van der Waals surface area contributed by atoms with E-state index in [0.717, 1.165) is 5.56 Å². The molecule has 0 spiro atoms.